The van der Waals surface area contributed by atoms with Crippen LogP contribution in [0.4, 0.5) is 0 Å². The van der Waals surface area contributed by atoms with Crippen LogP contribution in [-0.4, -0.2) is 4.98 Å². The Hall–Kier alpha value is -1.19. The maximum atomic E-state index is 4.39. The zero-order chi connectivity index (χ0) is 13.0. The molecule has 0 aliphatic carbocycles. The van der Waals surface area contributed by atoms with E-state index in [0.29, 0.717) is 6.04 Å². The van der Waals surface area contributed by atoms with Crippen molar-refractivity contribution in [3.8, 4) is 0 Å². The molecular weight excluding hydrogens is 288 g/mol. The van der Waals surface area contributed by atoms with Gasteiger partial charge in [0.25, 0.3) is 0 Å². The molecule has 1 aromatic heterocycles. The third-order valence-corrected chi connectivity index (χ3v) is 3.54. The van der Waals surface area contributed by atoms with Gasteiger partial charge in [0, 0.05) is 23.3 Å². The van der Waals surface area contributed by atoms with Crippen molar-refractivity contribution < 1.29 is 0 Å². The summed E-state index contributed by atoms with van der Waals surface area (Å²) in [5, 5.41) is 3.50. The van der Waals surface area contributed by atoms with Crippen LogP contribution >= 0.6 is 15.9 Å². The highest BCUT2D eigenvalue weighted by Gasteiger charge is 2.06. The summed E-state index contributed by atoms with van der Waals surface area (Å²) in [6, 6.07) is 12.7. The average molecular weight is 305 g/mol. The summed E-state index contributed by atoms with van der Waals surface area (Å²) in [7, 11) is 0. The zero-order valence-corrected chi connectivity index (χ0v) is 12.2. The average Bonchev–Trinajstić information content (AvgIpc) is 2.37. The molecular formula is C15H17BrN2. The van der Waals surface area contributed by atoms with Crippen LogP contribution in [-0.2, 0) is 6.54 Å². The molecule has 2 rings (SSSR count). The first-order valence-corrected chi connectivity index (χ1v) is 6.85. The van der Waals surface area contributed by atoms with Gasteiger partial charge in [0.15, 0.2) is 0 Å². The van der Waals surface area contributed by atoms with Crippen LogP contribution in [0.25, 0.3) is 0 Å². The standard InChI is InChI=1S/C15H17BrN2/c1-11-5-4-8-17-15(11)10-18-12(2)13-6-3-7-14(16)9-13/h3-9,12,18H,10H2,1-2H3/t12-/m0/s1. The van der Waals surface area contributed by atoms with Gasteiger partial charge in [-0.3, -0.25) is 4.98 Å². The molecule has 0 amide bonds. The summed E-state index contributed by atoms with van der Waals surface area (Å²) in [4.78, 5) is 4.39. The van der Waals surface area contributed by atoms with Crippen molar-refractivity contribution in [1.82, 2.24) is 10.3 Å². The molecule has 0 aliphatic rings. The van der Waals surface area contributed by atoms with Crippen molar-refractivity contribution in [3.63, 3.8) is 0 Å². The molecule has 1 atom stereocenters. The number of nitrogens with one attached hydrogen (secondary N) is 1. The van der Waals surface area contributed by atoms with E-state index in [-0.39, 0.29) is 0 Å². The van der Waals surface area contributed by atoms with E-state index in [1.165, 1.54) is 11.1 Å². The first kappa shape index (κ1) is 13.2. The summed E-state index contributed by atoms with van der Waals surface area (Å²) >= 11 is 3.50. The number of hydrogen-bond acceptors (Lipinski definition) is 2. The number of rotatable bonds is 4. The van der Waals surface area contributed by atoms with Crippen molar-refractivity contribution in [2.45, 2.75) is 26.4 Å². The Morgan fingerprint density at radius 1 is 1.28 bits per heavy atom. The van der Waals surface area contributed by atoms with E-state index in [1.807, 2.05) is 18.3 Å². The van der Waals surface area contributed by atoms with Crippen molar-refractivity contribution in [2.24, 2.45) is 0 Å². The molecule has 0 unspecified atom stereocenters. The normalized spacial score (nSPS) is 12.4. The minimum absolute atomic E-state index is 0.309. The fraction of sp³-hybridized carbons (Fsp3) is 0.267. The van der Waals surface area contributed by atoms with E-state index < -0.39 is 0 Å². The number of benzene rings is 1. The van der Waals surface area contributed by atoms with Gasteiger partial charge < -0.3 is 5.32 Å². The smallest absolute Gasteiger partial charge is 0.0570 e. The number of nitrogens with zero attached hydrogens (tertiary/aromatic N) is 1. The topological polar surface area (TPSA) is 24.9 Å². The molecule has 94 valence electrons. The molecule has 1 heterocycles. The molecule has 0 fully saturated rings. The third kappa shape index (κ3) is 3.40. The maximum Gasteiger partial charge on any atom is 0.0570 e. The van der Waals surface area contributed by atoms with Crippen LogP contribution in [0, 0.1) is 6.92 Å². The molecule has 18 heavy (non-hydrogen) atoms. The van der Waals surface area contributed by atoms with Crippen LogP contribution in [0.2, 0.25) is 0 Å². The fourth-order valence-electron chi connectivity index (χ4n) is 1.85. The molecule has 1 aromatic carbocycles. The Morgan fingerprint density at radius 3 is 2.83 bits per heavy atom. The van der Waals surface area contributed by atoms with Gasteiger partial charge in [-0.05, 0) is 43.2 Å². The van der Waals surface area contributed by atoms with Gasteiger partial charge in [0.1, 0.15) is 0 Å². The van der Waals surface area contributed by atoms with Gasteiger partial charge in [-0.2, -0.15) is 0 Å². The SMILES string of the molecule is Cc1cccnc1CN[C@@H](C)c1cccc(Br)c1. The van der Waals surface area contributed by atoms with Crippen LogP contribution < -0.4 is 5.32 Å². The van der Waals surface area contributed by atoms with E-state index in [4.69, 9.17) is 0 Å². The highest BCUT2D eigenvalue weighted by Crippen LogP contribution is 2.18. The summed E-state index contributed by atoms with van der Waals surface area (Å²) in [6.45, 7) is 5.05. The van der Waals surface area contributed by atoms with E-state index in [1.54, 1.807) is 0 Å². The number of aryl methyl sites for hydroxylation is 1. The predicted octanol–water partition coefficient (Wildman–Crippen LogP) is 4.00. The lowest BCUT2D eigenvalue weighted by Crippen LogP contribution is -2.19. The van der Waals surface area contributed by atoms with Gasteiger partial charge >= 0.3 is 0 Å². The van der Waals surface area contributed by atoms with Gasteiger partial charge in [-0.15, -0.1) is 0 Å². The predicted molar refractivity (Wildman–Crippen MR) is 78.4 cm³/mol. The molecule has 0 spiro atoms. The van der Waals surface area contributed by atoms with Crippen molar-refractivity contribution in [2.75, 3.05) is 0 Å². The first-order valence-electron chi connectivity index (χ1n) is 6.06. The second kappa shape index (κ2) is 6.12. The second-order valence-corrected chi connectivity index (χ2v) is 5.34. The van der Waals surface area contributed by atoms with Gasteiger partial charge in [-0.1, -0.05) is 34.1 Å². The Morgan fingerprint density at radius 2 is 2.11 bits per heavy atom. The Bertz CT molecular complexity index is 525. The Labute approximate surface area is 117 Å². The van der Waals surface area contributed by atoms with Gasteiger partial charge in [-0.25, -0.2) is 0 Å². The zero-order valence-electron chi connectivity index (χ0n) is 10.7. The lowest BCUT2D eigenvalue weighted by molar-refractivity contribution is 0.566. The molecule has 0 radical (unpaired) electrons. The first-order chi connectivity index (χ1) is 8.66. The Kier molecular flexibility index (Phi) is 4.50. The van der Waals surface area contributed by atoms with Crippen molar-refractivity contribution >= 4 is 15.9 Å². The molecule has 0 aliphatic heterocycles. The summed E-state index contributed by atoms with van der Waals surface area (Å²) in [6.07, 6.45) is 1.84. The molecule has 2 aromatic rings. The van der Waals surface area contributed by atoms with Crippen LogP contribution in [0.15, 0.2) is 47.1 Å². The minimum atomic E-state index is 0.309. The molecule has 0 saturated carbocycles. The minimum Gasteiger partial charge on any atom is -0.305 e. The summed E-state index contributed by atoms with van der Waals surface area (Å²) in [5.41, 5.74) is 3.61. The number of pyridine rings is 1. The van der Waals surface area contributed by atoms with E-state index >= 15 is 0 Å². The molecule has 2 nitrogen and oxygen atoms in total. The highest BCUT2D eigenvalue weighted by atomic mass is 79.9. The molecule has 0 bridgehead atoms. The fourth-order valence-corrected chi connectivity index (χ4v) is 2.26. The second-order valence-electron chi connectivity index (χ2n) is 4.42. The number of aromatic nitrogens is 1. The van der Waals surface area contributed by atoms with Crippen LogP contribution in [0.3, 0.4) is 0 Å². The van der Waals surface area contributed by atoms with Crippen LogP contribution in [0.1, 0.15) is 29.8 Å². The number of hydrogen-bond donors (Lipinski definition) is 1. The van der Waals surface area contributed by atoms with Crippen LogP contribution in [0.5, 0.6) is 0 Å². The maximum absolute atomic E-state index is 4.39. The lowest BCUT2D eigenvalue weighted by Gasteiger charge is -2.15. The highest BCUT2D eigenvalue weighted by molar-refractivity contribution is 9.10. The monoisotopic (exact) mass is 304 g/mol. The Balaban J connectivity index is 2.00. The van der Waals surface area contributed by atoms with Crippen molar-refractivity contribution in [3.05, 3.63) is 63.9 Å². The molecule has 0 saturated heterocycles. The summed E-state index contributed by atoms with van der Waals surface area (Å²) < 4.78 is 1.11. The van der Waals surface area contributed by atoms with Gasteiger partial charge in [0.2, 0.25) is 0 Å². The molecule has 3 heteroatoms. The lowest BCUT2D eigenvalue weighted by atomic mass is 10.1. The quantitative estimate of drug-likeness (QED) is 0.923. The summed E-state index contributed by atoms with van der Waals surface area (Å²) in [5.74, 6) is 0. The third-order valence-electron chi connectivity index (χ3n) is 3.04. The van der Waals surface area contributed by atoms with Crippen molar-refractivity contribution in [1.29, 1.82) is 0 Å². The largest absolute Gasteiger partial charge is 0.305 e. The van der Waals surface area contributed by atoms with E-state index in [0.717, 1.165) is 16.7 Å². The van der Waals surface area contributed by atoms with E-state index in [9.17, 15) is 0 Å². The number of halogens is 1. The molecule has 1 N–H and O–H groups in total. The van der Waals surface area contributed by atoms with Gasteiger partial charge in [0.05, 0.1) is 5.69 Å². The van der Waals surface area contributed by atoms with E-state index in [2.05, 4.69) is 64.3 Å².